The highest BCUT2D eigenvalue weighted by Crippen LogP contribution is 2.35. The van der Waals surface area contributed by atoms with Crippen molar-refractivity contribution >= 4 is 10.1 Å². The molecule has 0 radical (unpaired) electrons. The molecule has 200 valence electrons. The zero-order chi connectivity index (χ0) is 27.9. The van der Waals surface area contributed by atoms with E-state index in [1.807, 2.05) is 39.8 Å². The monoisotopic (exact) mass is 528 g/mol. The smallest absolute Gasteiger partial charge is 0.282 e. The maximum atomic E-state index is 11.7. The molecule has 4 aromatic carbocycles. The minimum absolute atomic E-state index is 0.0492. The van der Waals surface area contributed by atoms with E-state index >= 15 is 0 Å². The summed E-state index contributed by atoms with van der Waals surface area (Å²) in [6, 6.07) is 35.8. The molecule has 0 amide bonds. The average Bonchev–Trinajstić information content (AvgIpc) is 2.89. The molecule has 0 fully saturated rings. The molecule has 0 bridgehead atoms. The third-order valence-corrected chi connectivity index (χ3v) is 7.72. The van der Waals surface area contributed by atoms with Gasteiger partial charge in [0, 0.05) is 5.92 Å². The van der Waals surface area contributed by atoms with Gasteiger partial charge >= 0.3 is 0 Å². The standard InChI is InChI=1S/C19H16.C15H24O3S/c1-4-10-16(11-5-1)19(17-12-6-2-7-13-17)18-14-8-3-9-15-18;1-9(2)12-7-13(10(3)4)15(19(16,17)18)14(8-12)11(5)6/h1-15,19H;7-11H,1-6H3,(H,16,17,18). The third-order valence-electron chi connectivity index (χ3n) is 6.74. The van der Waals surface area contributed by atoms with Gasteiger partial charge in [-0.3, -0.25) is 4.55 Å². The number of rotatable bonds is 7. The molecular formula is C34H40O3S. The fraction of sp³-hybridized carbons (Fsp3) is 0.294. The lowest BCUT2D eigenvalue weighted by molar-refractivity contribution is 0.479. The number of hydrogen-bond acceptors (Lipinski definition) is 2. The van der Waals surface area contributed by atoms with E-state index in [1.165, 1.54) is 16.7 Å². The fourth-order valence-electron chi connectivity index (χ4n) is 4.70. The van der Waals surface area contributed by atoms with E-state index in [1.54, 1.807) is 0 Å². The lowest BCUT2D eigenvalue weighted by Crippen LogP contribution is -2.11. The summed E-state index contributed by atoms with van der Waals surface area (Å²) in [4.78, 5) is 0.0990. The van der Waals surface area contributed by atoms with Gasteiger partial charge < -0.3 is 0 Å². The second-order valence-electron chi connectivity index (χ2n) is 10.6. The molecule has 0 heterocycles. The van der Waals surface area contributed by atoms with Crippen molar-refractivity contribution in [2.45, 2.75) is 70.1 Å². The summed E-state index contributed by atoms with van der Waals surface area (Å²) in [6.07, 6.45) is 0. The van der Waals surface area contributed by atoms with Crippen LogP contribution in [0.1, 0.15) is 98.6 Å². The summed E-state index contributed by atoms with van der Waals surface area (Å²) in [5, 5.41) is 0. The zero-order valence-electron chi connectivity index (χ0n) is 23.3. The summed E-state index contributed by atoms with van der Waals surface area (Å²) in [5.41, 5.74) is 6.52. The maximum Gasteiger partial charge on any atom is 0.295 e. The van der Waals surface area contributed by atoms with Crippen LogP contribution in [0.5, 0.6) is 0 Å². The van der Waals surface area contributed by atoms with E-state index in [0.717, 1.165) is 5.56 Å². The molecule has 0 aliphatic heterocycles. The van der Waals surface area contributed by atoms with Crippen LogP contribution in [-0.4, -0.2) is 13.0 Å². The number of hydrogen-bond donors (Lipinski definition) is 1. The Kier molecular flexibility index (Phi) is 10.1. The van der Waals surface area contributed by atoms with Crippen LogP contribution in [0.25, 0.3) is 0 Å². The molecule has 0 spiro atoms. The quantitative estimate of drug-likeness (QED) is 0.192. The topological polar surface area (TPSA) is 54.4 Å². The van der Waals surface area contributed by atoms with Crippen LogP contribution in [0.4, 0.5) is 0 Å². The normalized spacial score (nSPS) is 11.7. The largest absolute Gasteiger partial charge is 0.295 e. The van der Waals surface area contributed by atoms with E-state index in [9.17, 15) is 13.0 Å². The minimum atomic E-state index is -4.20. The Labute approximate surface area is 229 Å². The predicted octanol–water partition coefficient (Wildman–Crippen LogP) is 9.17. The first-order valence-corrected chi connectivity index (χ1v) is 14.7. The number of benzene rings is 4. The highest BCUT2D eigenvalue weighted by Gasteiger charge is 2.25. The molecule has 0 saturated heterocycles. The first-order chi connectivity index (χ1) is 18.0. The lowest BCUT2D eigenvalue weighted by atomic mass is 9.85. The van der Waals surface area contributed by atoms with E-state index in [2.05, 4.69) is 105 Å². The Bertz CT molecular complexity index is 1270. The SMILES string of the molecule is CC(C)c1cc(C(C)C)c(S(=O)(=O)O)c(C(C)C)c1.c1ccc(C(c2ccccc2)c2ccccc2)cc1. The van der Waals surface area contributed by atoms with Crippen LogP contribution in [0.15, 0.2) is 108 Å². The summed E-state index contributed by atoms with van der Waals surface area (Å²) < 4.78 is 33.0. The minimum Gasteiger partial charge on any atom is -0.282 e. The Hall–Kier alpha value is -3.21. The first-order valence-electron chi connectivity index (χ1n) is 13.3. The van der Waals surface area contributed by atoms with Gasteiger partial charge in [0.1, 0.15) is 4.90 Å². The van der Waals surface area contributed by atoms with Gasteiger partial charge in [-0.05, 0) is 51.1 Å². The fourth-order valence-corrected chi connectivity index (χ4v) is 5.89. The van der Waals surface area contributed by atoms with Crippen LogP contribution in [0.3, 0.4) is 0 Å². The Morgan fingerprint density at radius 3 is 1.05 bits per heavy atom. The molecule has 0 aliphatic rings. The summed E-state index contributed by atoms with van der Waals surface area (Å²) in [5.74, 6) is 0.732. The van der Waals surface area contributed by atoms with Crippen molar-refractivity contribution in [1.29, 1.82) is 0 Å². The Balaban J connectivity index is 0.000000211. The summed E-state index contributed by atoms with van der Waals surface area (Å²) in [7, 11) is -4.20. The third kappa shape index (κ3) is 7.43. The van der Waals surface area contributed by atoms with E-state index < -0.39 is 10.1 Å². The van der Waals surface area contributed by atoms with Gasteiger partial charge in [-0.2, -0.15) is 8.42 Å². The Morgan fingerprint density at radius 1 is 0.500 bits per heavy atom. The van der Waals surface area contributed by atoms with Crippen molar-refractivity contribution in [1.82, 2.24) is 0 Å². The molecule has 0 aliphatic carbocycles. The molecule has 3 nitrogen and oxygen atoms in total. The van der Waals surface area contributed by atoms with Crippen molar-refractivity contribution in [3.05, 3.63) is 137 Å². The van der Waals surface area contributed by atoms with Gasteiger partial charge in [0.25, 0.3) is 10.1 Å². The molecule has 38 heavy (non-hydrogen) atoms. The molecule has 0 unspecified atom stereocenters. The van der Waals surface area contributed by atoms with E-state index in [4.69, 9.17) is 0 Å². The molecule has 4 rings (SSSR count). The van der Waals surface area contributed by atoms with Crippen molar-refractivity contribution in [3.63, 3.8) is 0 Å². The first kappa shape index (κ1) is 29.3. The molecule has 4 heteroatoms. The summed E-state index contributed by atoms with van der Waals surface area (Å²) >= 11 is 0. The van der Waals surface area contributed by atoms with E-state index in [-0.39, 0.29) is 16.7 Å². The maximum absolute atomic E-state index is 11.7. The van der Waals surface area contributed by atoms with Gasteiger partial charge in [-0.15, -0.1) is 0 Å². The van der Waals surface area contributed by atoms with Crippen molar-refractivity contribution in [2.24, 2.45) is 0 Å². The molecule has 1 N–H and O–H groups in total. The van der Waals surface area contributed by atoms with Gasteiger partial charge in [-0.25, -0.2) is 0 Å². The predicted molar refractivity (Wildman–Crippen MR) is 159 cm³/mol. The lowest BCUT2D eigenvalue weighted by Gasteiger charge is -2.20. The van der Waals surface area contributed by atoms with Crippen LogP contribution in [0, 0.1) is 0 Å². The highest BCUT2D eigenvalue weighted by molar-refractivity contribution is 7.86. The molecule has 0 atom stereocenters. The Morgan fingerprint density at radius 2 is 0.816 bits per heavy atom. The van der Waals surface area contributed by atoms with Crippen molar-refractivity contribution in [2.75, 3.05) is 0 Å². The molecule has 0 saturated carbocycles. The van der Waals surface area contributed by atoms with E-state index in [0.29, 0.717) is 23.0 Å². The van der Waals surface area contributed by atoms with Gasteiger partial charge in [0.15, 0.2) is 0 Å². The molecule has 4 aromatic rings. The van der Waals surface area contributed by atoms with Crippen LogP contribution in [0.2, 0.25) is 0 Å². The van der Waals surface area contributed by atoms with Crippen LogP contribution >= 0.6 is 0 Å². The average molecular weight is 529 g/mol. The zero-order valence-corrected chi connectivity index (χ0v) is 24.1. The van der Waals surface area contributed by atoms with Crippen molar-refractivity contribution < 1.29 is 13.0 Å². The second kappa shape index (κ2) is 13.0. The van der Waals surface area contributed by atoms with Crippen LogP contribution < -0.4 is 0 Å². The van der Waals surface area contributed by atoms with Gasteiger partial charge in [0.05, 0.1) is 0 Å². The van der Waals surface area contributed by atoms with Gasteiger partial charge in [0.2, 0.25) is 0 Å². The highest BCUT2D eigenvalue weighted by atomic mass is 32.2. The van der Waals surface area contributed by atoms with Crippen molar-refractivity contribution in [3.8, 4) is 0 Å². The molecule has 0 aromatic heterocycles. The van der Waals surface area contributed by atoms with Crippen LogP contribution in [-0.2, 0) is 10.1 Å². The summed E-state index contributed by atoms with van der Waals surface area (Å²) in [6.45, 7) is 11.9. The molecular weight excluding hydrogens is 488 g/mol. The second-order valence-corrected chi connectivity index (χ2v) is 12.0. The van der Waals surface area contributed by atoms with Gasteiger partial charge in [-0.1, -0.05) is 145 Å².